The summed E-state index contributed by atoms with van der Waals surface area (Å²) in [7, 11) is 0. The van der Waals surface area contributed by atoms with E-state index >= 15 is 0 Å². The third-order valence-corrected chi connectivity index (χ3v) is 2.15. The van der Waals surface area contributed by atoms with Crippen LogP contribution in [-0.2, 0) is 9.47 Å². The van der Waals surface area contributed by atoms with Crippen molar-refractivity contribution in [1.82, 2.24) is 0 Å². The van der Waals surface area contributed by atoms with E-state index in [2.05, 4.69) is 0 Å². The highest BCUT2D eigenvalue weighted by atomic mass is 19.1. The second kappa shape index (κ2) is 8.03. The van der Waals surface area contributed by atoms with Crippen LogP contribution in [0, 0.1) is 5.82 Å². The maximum Gasteiger partial charge on any atom is 0.165 e. The van der Waals surface area contributed by atoms with Crippen molar-refractivity contribution in [2.45, 2.75) is 26.6 Å². The monoisotopic (exact) mass is 242 g/mol. The van der Waals surface area contributed by atoms with Crippen molar-refractivity contribution >= 4 is 0 Å². The molecule has 0 aliphatic heterocycles. The summed E-state index contributed by atoms with van der Waals surface area (Å²) in [5, 5.41) is 0. The van der Waals surface area contributed by atoms with Crippen LogP contribution in [0.2, 0.25) is 0 Å². The fraction of sp³-hybridized carbons (Fsp3) is 0.538. The predicted molar refractivity (Wildman–Crippen MR) is 63.6 cm³/mol. The van der Waals surface area contributed by atoms with Crippen molar-refractivity contribution in [2.24, 2.45) is 0 Å². The predicted octanol–water partition coefficient (Wildman–Crippen LogP) is 2.99. The van der Waals surface area contributed by atoms with Gasteiger partial charge in [0.25, 0.3) is 0 Å². The van der Waals surface area contributed by atoms with Gasteiger partial charge in [0.1, 0.15) is 0 Å². The third-order valence-electron chi connectivity index (χ3n) is 2.15. The number of ether oxygens (including phenoxy) is 3. The second-order valence-electron chi connectivity index (χ2n) is 3.41. The summed E-state index contributed by atoms with van der Waals surface area (Å²) in [4.78, 5) is 0. The molecule has 0 amide bonds. The highest BCUT2D eigenvalue weighted by molar-refractivity contribution is 5.23. The van der Waals surface area contributed by atoms with Crippen molar-refractivity contribution in [3.63, 3.8) is 0 Å². The van der Waals surface area contributed by atoms with E-state index in [1.165, 1.54) is 6.07 Å². The molecule has 0 radical (unpaired) electrons. The van der Waals surface area contributed by atoms with E-state index in [1.54, 1.807) is 18.2 Å². The minimum absolute atomic E-state index is 0.263. The number of hydrogen-bond donors (Lipinski definition) is 0. The lowest BCUT2D eigenvalue weighted by Crippen LogP contribution is -2.20. The zero-order valence-electron chi connectivity index (χ0n) is 10.3. The molecule has 0 fully saturated rings. The molecule has 96 valence electrons. The van der Waals surface area contributed by atoms with Gasteiger partial charge in [-0.05, 0) is 26.0 Å². The number of benzene rings is 1. The van der Waals surface area contributed by atoms with Crippen LogP contribution in [0.1, 0.15) is 20.3 Å². The van der Waals surface area contributed by atoms with E-state index < -0.39 is 0 Å². The van der Waals surface area contributed by atoms with Gasteiger partial charge in [-0.25, -0.2) is 4.39 Å². The Morgan fingerprint density at radius 3 is 2.35 bits per heavy atom. The summed E-state index contributed by atoms with van der Waals surface area (Å²) in [6.07, 6.45) is 0.299. The second-order valence-corrected chi connectivity index (χ2v) is 3.41. The molecule has 0 saturated heterocycles. The van der Waals surface area contributed by atoms with Crippen LogP contribution in [0.3, 0.4) is 0 Å². The van der Waals surface area contributed by atoms with E-state index in [9.17, 15) is 4.39 Å². The Bertz CT molecular complexity index is 311. The van der Waals surface area contributed by atoms with Gasteiger partial charge >= 0.3 is 0 Å². The lowest BCUT2D eigenvalue weighted by atomic mass is 10.3. The van der Waals surface area contributed by atoms with Crippen LogP contribution < -0.4 is 4.74 Å². The Hall–Kier alpha value is -1.13. The summed E-state index contributed by atoms with van der Waals surface area (Å²) >= 11 is 0. The summed E-state index contributed by atoms with van der Waals surface area (Å²) in [6.45, 7) is 5.35. The SMILES string of the molecule is CCOC(CCOc1ccccc1F)OCC. The summed E-state index contributed by atoms with van der Waals surface area (Å²) in [5.74, 6) is -0.0869. The molecule has 0 aliphatic carbocycles. The van der Waals surface area contributed by atoms with Gasteiger partial charge in [-0.15, -0.1) is 0 Å². The molecule has 1 rings (SSSR count). The largest absolute Gasteiger partial charge is 0.490 e. The van der Waals surface area contributed by atoms with Crippen LogP contribution in [-0.4, -0.2) is 26.1 Å². The Balaban J connectivity index is 2.33. The summed E-state index contributed by atoms with van der Waals surface area (Å²) in [5.41, 5.74) is 0. The van der Waals surface area contributed by atoms with E-state index in [0.29, 0.717) is 26.2 Å². The lowest BCUT2D eigenvalue weighted by Gasteiger charge is -2.17. The van der Waals surface area contributed by atoms with E-state index in [1.807, 2.05) is 13.8 Å². The zero-order valence-corrected chi connectivity index (χ0v) is 10.3. The first-order valence-corrected chi connectivity index (χ1v) is 5.88. The fourth-order valence-corrected chi connectivity index (χ4v) is 1.41. The average molecular weight is 242 g/mol. The van der Waals surface area contributed by atoms with Crippen LogP contribution in [0.4, 0.5) is 4.39 Å². The van der Waals surface area contributed by atoms with Gasteiger partial charge < -0.3 is 14.2 Å². The minimum Gasteiger partial charge on any atom is -0.490 e. The molecular weight excluding hydrogens is 223 g/mol. The first kappa shape index (κ1) is 13.9. The van der Waals surface area contributed by atoms with Gasteiger partial charge in [0, 0.05) is 19.6 Å². The molecule has 0 N–H and O–H groups in total. The van der Waals surface area contributed by atoms with E-state index in [0.717, 1.165) is 0 Å². The number of hydrogen-bond acceptors (Lipinski definition) is 3. The molecule has 3 nitrogen and oxygen atoms in total. The maximum atomic E-state index is 13.2. The number of halogens is 1. The molecule has 0 bridgehead atoms. The van der Waals surface area contributed by atoms with Gasteiger partial charge in [0.2, 0.25) is 0 Å². The molecule has 0 aliphatic rings. The van der Waals surface area contributed by atoms with Crippen LogP contribution >= 0.6 is 0 Å². The van der Waals surface area contributed by atoms with Gasteiger partial charge in [0.15, 0.2) is 17.9 Å². The zero-order chi connectivity index (χ0) is 12.5. The summed E-state index contributed by atoms with van der Waals surface area (Å²) < 4.78 is 29.3. The molecule has 1 aromatic carbocycles. The molecule has 0 heterocycles. The highest BCUT2D eigenvalue weighted by Gasteiger charge is 2.08. The molecule has 0 atom stereocenters. The van der Waals surface area contributed by atoms with Crippen LogP contribution in [0.15, 0.2) is 24.3 Å². The lowest BCUT2D eigenvalue weighted by molar-refractivity contribution is -0.142. The first-order chi connectivity index (χ1) is 8.27. The van der Waals surface area contributed by atoms with Gasteiger partial charge in [-0.2, -0.15) is 0 Å². The molecule has 1 aromatic rings. The molecule has 0 unspecified atom stereocenters. The topological polar surface area (TPSA) is 27.7 Å². The Kier molecular flexibility index (Phi) is 6.58. The van der Waals surface area contributed by atoms with Crippen LogP contribution in [0.5, 0.6) is 5.75 Å². The standard InChI is InChI=1S/C13H19FO3/c1-3-15-13(16-4-2)9-10-17-12-8-6-5-7-11(12)14/h5-8,13H,3-4,9-10H2,1-2H3. The summed E-state index contributed by atoms with van der Waals surface area (Å²) in [6, 6.07) is 6.34. The molecule has 4 heteroatoms. The van der Waals surface area contributed by atoms with Crippen molar-refractivity contribution in [2.75, 3.05) is 19.8 Å². The molecule has 0 saturated carbocycles. The van der Waals surface area contributed by atoms with E-state index in [-0.39, 0.29) is 17.9 Å². The third kappa shape index (κ3) is 5.15. The quantitative estimate of drug-likeness (QED) is 0.656. The van der Waals surface area contributed by atoms with Crippen molar-refractivity contribution < 1.29 is 18.6 Å². The van der Waals surface area contributed by atoms with Gasteiger partial charge in [0.05, 0.1) is 6.61 Å². The van der Waals surface area contributed by atoms with Gasteiger partial charge in [-0.3, -0.25) is 0 Å². The van der Waals surface area contributed by atoms with Crippen molar-refractivity contribution in [1.29, 1.82) is 0 Å². The molecular formula is C13H19FO3. The Morgan fingerprint density at radius 2 is 1.76 bits per heavy atom. The number of para-hydroxylation sites is 1. The first-order valence-electron chi connectivity index (χ1n) is 5.88. The van der Waals surface area contributed by atoms with Gasteiger partial charge in [-0.1, -0.05) is 12.1 Å². The van der Waals surface area contributed by atoms with Crippen LogP contribution in [0.25, 0.3) is 0 Å². The smallest absolute Gasteiger partial charge is 0.165 e. The Morgan fingerprint density at radius 1 is 1.12 bits per heavy atom. The molecule has 0 spiro atoms. The van der Waals surface area contributed by atoms with E-state index in [4.69, 9.17) is 14.2 Å². The molecule has 0 aromatic heterocycles. The minimum atomic E-state index is -0.350. The number of rotatable bonds is 8. The average Bonchev–Trinajstić information content (AvgIpc) is 2.32. The Labute approximate surface area is 101 Å². The normalized spacial score (nSPS) is 10.8. The van der Waals surface area contributed by atoms with Crippen molar-refractivity contribution in [3.8, 4) is 5.75 Å². The fourth-order valence-electron chi connectivity index (χ4n) is 1.41. The molecule has 17 heavy (non-hydrogen) atoms. The highest BCUT2D eigenvalue weighted by Crippen LogP contribution is 2.16. The van der Waals surface area contributed by atoms with Crippen molar-refractivity contribution in [3.05, 3.63) is 30.1 Å². The maximum absolute atomic E-state index is 13.2.